The van der Waals surface area contributed by atoms with Crippen molar-refractivity contribution in [2.45, 2.75) is 0 Å². The normalized spacial score (nSPS) is 11.1. The molecule has 2 heterocycles. The fourth-order valence-corrected chi connectivity index (χ4v) is 2.13. The van der Waals surface area contributed by atoms with Crippen molar-refractivity contribution in [3.8, 4) is 11.1 Å². The van der Waals surface area contributed by atoms with E-state index >= 15 is 0 Å². The Morgan fingerprint density at radius 3 is 2.89 bits per heavy atom. The Morgan fingerprint density at radius 2 is 2.22 bits per heavy atom. The van der Waals surface area contributed by atoms with E-state index in [1.807, 2.05) is 26.4 Å². The predicted molar refractivity (Wildman–Crippen MR) is 70.0 cm³/mol. The van der Waals surface area contributed by atoms with Gasteiger partial charge in [0, 0.05) is 43.0 Å². The molecule has 0 saturated heterocycles. The third kappa shape index (κ3) is 1.55. The molecule has 4 nitrogen and oxygen atoms in total. The molecule has 0 atom stereocenters. The Bertz CT molecular complexity index is 711. The second-order valence-corrected chi connectivity index (χ2v) is 4.23. The topological polar surface area (TPSA) is 45.6 Å². The van der Waals surface area contributed by atoms with Crippen LogP contribution in [0.25, 0.3) is 22.0 Å². The molecule has 3 rings (SSSR count). The van der Waals surface area contributed by atoms with Crippen LogP contribution in [0, 0.1) is 5.82 Å². The van der Waals surface area contributed by atoms with E-state index in [0.29, 0.717) is 5.56 Å². The standard InChI is InChI=1S/C13H13FN4/c1-15-13-6-16-12-4-11(14)9(3-10(12)13)8-5-17-18(2)7-8/h3-7,15-16H,1-2H3. The van der Waals surface area contributed by atoms with Crippen molar-refractivity contribution in [1.29, 1.82) is 0 Å². The van der Waals surface area contributed by atoms with Gasteiger partial charge in [0.2, 0.25) is 0 Å². The highest BCUT2D eigenvalue weighted by atomic mass is 19.1. The van der Waals surface area contributed by atoms with Crippen LogP contribution in [0.2, 0.25) is 0 Å². The van der Waals surface area contributed by atoms with Gasteiger partial charge in [-0.25, -0.2) is 4.39 Å². The molecule has 0 saturated carbocycles. The van der Waals surface area contributed by atoms with Crippen LogP contribution in [-0.4, -0.2) is 21.8 Å². The van der Waals surface area contributed by atoms with Gasteiger partial charge in [-0.05, 0) is 12.1 Å². The molecule has 0 bridgehead atoms. The number of halogens is 1. The van der Waals surface area contributed by atoms with E-state index in [1.54, 1.807) is 17.1 Å². The van der Waals surface area contributed by atoms with Gasteiger partial charge < -0.3 is 10.3 Å². The van der Waals surface area contributed by atoms with Crippen LogP contribution < -0.4 is 5.32 Å². The monoisotopic (exact) mass is 244 g/mol. The number of hydrogen-bond acceptors (Lipinski definition) is 2. The first kappa shape index (κ1) is 10.8. The van der Waals surface area contributed by atoms with Crippen molar-refractivity contribution < 1.29 is 4.39 Å². The lowest BCUT2D eigenvalue weighted by molar-refractivity contribution is 0.633. The van der Waals surface area contributed by atoms with E-state index < -0.39 is 0 Å². The highest BCUT2D eigenvalue weighted by molar-refractivity contribution is 5.95. The maximum atomic E-state index is 14.1. The number of aromatic amines is 1. The molecule has 3 aromatic rings. The maximum Gasteiger partial charge on any atom is 0.133 e. The Hall–Kier alpha value is -2.30. The molecule has 1 aromatic carbocycles. The van der Waals surface area contributed by atoms with Crippen LogP contribution in [0.15, 0.2) is 30.7 Å². The van der Waals surface area contributed by atoms with Crippen LogP contribution in [0.5, 0.6) is 0 Å². The van der Waals surface area contributed by atoms with Gasteiger partial charge in [0.15, 0.2) is 0 Å². The van der Waals surface area contributed by atoms with Crippen LogP contribution in [0.4, 0.5) is 10.1 Å². The molecule has 0 aliphatic heterocycles. The largest absolute Gasteiger partial charge is 0.386 e. The number of aryl methyl sites for hydroxylation is 1. The SMILES string of the molecule is CNc1c[nH]c2cc(F)c(-c3cnn(C)c3)cc12. The number of fused-ring (bicyclic) bond motifs is 1. The van der Waals surface area contributed by atoms with E-state index in [4.69, 9.17) is 0 Å². The smallest absolute Gasteiger partial charge is 0.133 e. The first-order chi connectivity index (χ1) is 8.69. The van der Waals surface area contributed by atoms with E-state index in [0.717, 1.165) is 22.2 Å². The minimum Gasteiger partial charge on any atom is -0.386 e. The van der Waals surface area contributed by atoms with Crippen LogP contribution in [0.1, 0.15) is 0 Å². The number of nitrogens with one attached hydrogen (secondary N) is 2. The first-order valence-corrected chi connectivity index (χ1v) is 5.66. The molecule has 92 valence electrons. The van der Waals surface area contributed by atoms with E-state index in [2.05, 4.69) is 15.4 Å². The summed E-state index contributed by atoms with van der Waals surface area (Å²) in [6.45, 7) is 0. The van der Waals surface area contributed by atoms with Crippen LogP contribution >= 0.6 is 0 Å². The predicted octanol–water partition coefficient (Wildman–Crippen LogP) is 2.75. The highest BCUT2D eigenvalue weighted by Gasteiger charge is 2.11. The summed E-state index contributed by atoms with van der Waals surface area (Å²) in [7, 11) is 3.66. The molecular weight excluding hydrogens is 231 g/mol. The molecule has 2 N–H and O–H groups in total. The van der Waals surface area contributed by atoms with Gasteiger partial charge in [-0.2, -0.15) is 5.10 Å². The fourth-order valence-electron chi connectivity index (χ4n) is 2.13. The zero-order valence-corrected chi connectivity index (χ0v) is 10.2. The summed E-state index contributed by atoms with van der Waals surface area (Å²) in [6.07, 6.45) is 5.29. The number of hydrogen-bond donors (Lipinski definition) is 2. The van der Waals surface area contributed by atoms with Crippen molar-refractivity contribution in [2.24, 2.45) is 7.05 Å². The molecule has 0 amide bonds. The van der Waals surface area contributed by atoms with Crippen molar-refractivity contribution in [2.75, 3.05) is 12.4 Å². The average molecular weight is 244 g/mol. The Balaban J connectivity index is 2.25. The third-order valence-electron chi connectivity index (χ3n) is 3.05. The number of anilines is 1. The minimum atomic E-state index is -0.250. The molecule has 2 aromatic heterocycles. The number of aromatic nitrogens is 3. The van der Waals surface area contributed by atoms with Gasteiger partial charge in [0.1, 0.15) is 5.82 Å². The molecule has 0 aliphatic rings. The van der Waals surface area contributed by atoms with Gasteiger partial charge in [-0.3, -0.25) is 4.68 Å². The maximum absolute atomic E-state index is 14.1. The summed E-state index contributed by atoms with van der Waals surface area (Å²) in [5.74, 6) is -0.250. The van der Waals surface area contributed by atoms with Gasteiger partial charge >= 0.3 is 0 Å². The quantitative estimate of drug-likeness (QED) is 0.728. The Labute approximate surface area is 103 Å². The summed E-state index contributed by atoms with van der Waals surface area (Å²) in [4.78, 5) is 3.04. The molecule has 0 spiro atoms. The van der Waals surface area contributed by atoms with Gasteiger partial charge in [-0.15, -0.1) is 0 Å². The van der Waals surface area contributed by atoms with Crippen molar-refractivity contribution in [3.63, 3.8) is 0 Å². The molecular formula is C13H13FN4. The van der Waals surface area contributed by atoms with E-state index in [-0.39, 0.29) is 5.82 Å². The zero-order chi connectivity index (χ0) is 12.7. The molecule has 0 unspecified atom stereocenters. The third-order valence-corrected chi connectivity index (χ3v) is 3.05. The molecule has 18 heavy (non-hydrogen) atoms. The minimum absolute atomic E-state index is 0.250. The van der Waals surface area contributed by atoms with Crippen molar-refractivity contribution in [3.05, 3.63) is 36.5 Å². The summed E-state index contributed by atoms with van der Waals surface area (Å²) in [5.41, 5.74) is 3.08. The molecule has 5 heteroatoms. The van der Waals surface area contributed by atoms with Crippen molar-refractivity contribution in [1.82, 2.24) is 14.8 Å². The summed E-state index contributed by atoms with van der Waals surface area (Å²) < 4.78 is 15.7. The van der Waals surface area contributed by atoms with Crippen LogP contribution in [0.3, 0.4) is 0 Å². The lowest BCUT2D eigenvalue weighted by atomic mass is 10.1. The Kier molecular flexibility index (Phi) is 2.33. The zero-order valence-electron chi connectivity index (χ0n) is 10.2. The number of rotatable bonds is 2. The second-order valence-electron chi connectivity index (χ2n) is 4.23. The lowest BCUT2D eigenvalue weighted by Crippen LogP contribution is -1.87. The lowest BCUT2D eigenvalue weighted by Gasteiger charge is -2.02. The van der Waals surface area contributed by atoms with Gasteiger partial charge in [0.05, 0.1) is 17.4 Å². The van der Waals surface area contributed by atoms with E-state index in [9.17, 15) is 4.39 Å². The van der Waals surface area contributed by atoms with Gasteiger partial charge in [-0.1, -0.05) is 0 Å². The van der Waals surface area contributed by atoms with Gasteiger partial charge in [0.25, 0.3) is 0 Å². The second kappa shape index (κ2) is 3.87. The number of H-pyrrole nitrogens is 1. The van der Waals surface area contributed by atoms with Crippen molar-refractivity contribution >= 4 is 16.6 Å². The summed E-state index contributed by atoms with van der Waals surface area (Å²) in [5, 5.41) is 8.12. The summed E-state index contributed by atoms with van der Waals surface area (Å²) in [6, 6.07) is 3.35. The summed E-state index contributed by atoms with van der Waals surface area (Å²) >= 11 is 0. The first-order valence-electron chi connectivity index (χ1n) is 5.66. The molecule has 0 fully saturated rings. The van der Waals surface area contributed by atoms with E-state index in [1.165, 1.54) is 6.07 Å². The fraction of sp³-hybridized carbons (Fsp3) is 0.154. The number of benzene rings is 1. The Morgan fingerprint density at radius 1 is 1.39 bits per heavy atom. The number of nitrogens with zero attached hydrogens (tertiary/aromatic N) is 2. The highest BCUT2D eigenvalue weighted by Crippen LogP contribution is 2.30. The molecule has 0 radical (unpaired) electrons. The molecule has 0 aliphatic carbocycles. The van der Waals surface area contributed by atoms with Crippen LogP contribution in [-0.2, 0) is 7.05 Å². The average Bonchev–Trinajstić information content (AvgIpc) is 2.93.